The summed E-state index contributed by atoms with van der Waals surface area (Å²) in [5.41, 5.74) is 0. The van der Waals surface area contributed by atoms with Crippen molar-refractivity contribution >= 4 is 0 Å². The van der Waals surface area contributed by atoms with Gasteiger partial charge in [0.05, 0.1) is 12.7 Å². The third-order valence-electron chi connectivity index (χ3n) is 1.73. The molecule has 5 nitrogen and oxygen atoms in total. The van der Waals surface area contributed by atoms with E-state index in [9.17, 15) is 0 Å². The predicted octanol–water partition coefficient (Wildman–Crippen LogP) is -2.19. The highest BCUT2D eigenvalue weighted by Crippen LogP contribution is 2.18. The molecule has 1 aliphatic heterocycles. The van der Waals surface area contributed by atoms with Gasteiger partial charge in [-0.3, -0.25) is 0 Å². The molecule has 4 N–H and O–H groups in total. The summed E-state index contributed by atoms with van der Waals surface area (Å²) < 4.78 is 4.71. The number of ether oxygens (including phenoxy) is 1. The average Bonchev–Trinajstić information content (AvgIpc) is 1.96. The van der Waals surface area contributed by atoms with E-state index in [-0.39, 0.29) is 6.42 Å². The van der Waals surface area contributed by atoms with Gasteiger partial charge < -0.3 is 25.2 Å². The summed E-state index contributed by atoms with van der Waals surface area (Å²) in [7, 11) is 0. The summed E-state index contributed by atoms with van der Waals surface area (Å²) in [6.45, 7) is -0.407. The molecule has 0 aromatic carbocycles. The van der Waals surface area contributed by atoms with Crippen LogP contribution in [0.15, 0.2) is 0 Å². The van der Waals surface area contributed by atoms with E-state index in [2.05, 4.69) is 0 Å². The van der Waals surface area contributed by atoms with Crippen molar-refractivity contribution in [1.29, 1.82) is 0 Å². The molecule has 2 unspecified atom stereocenters. The van der Waals surface area contributed by atoms with Crippen LogP contribution in [0.4, 0.5) is 0 Å². The molecule has 11 heavy (non-hydrogen) atoms. The number of hydrogen-bond donors (Lipinski definition) is 4. The minimum atomic E-state index is -1.11. The highest BCUT2D eigenvalue weighted by Gasteiger charge is 2.35. The normalized spacial score (nSPS) is 45.8. The lowest BCUT2D eigenvalue weighted by Crippen LogP contribution is -2.49. The molecule has 1 rings (SSSR count). The molecule has 0 bridgehead atoms. The molecule has 0 aromatic heterocycles. The van der Waals surface area contributed by atoms with Crippen LogP contribution in [0.25, 0.3) is 0 Å². The maximum absolute atomic E-state index is 9.11. The minimum Gasteiger partial charge on any atom is -0.394 e. The van der Waals surface area contributed by atoms with E-state index >= 15 is 0 Å². The zero-order valence-corrected chi connectivity index (χ0v) is 5.92. The Bertz CT molecular complexity index is 128. The molecule has 1 aliphatic rings. The van der Waals surface area contributed by atoms with Crippen LogP contribution in [-0.4, -0.2) is 51.6 Å². The molecule has 5 heteroatoms. The first kappa shape index (κ1) is 8.89. The van der Waals surface area contributed by atoms with Crippen LogP contribution in [0.2, 0.25) is 0 Å². The maximum Gasteiger partial charge on any atom is 0.157 e. The van der Waals surface area contributed by atoms with Gasteiger partial charge >= 0.3 is 0 Å². The first-order valence-corrected chi connectivity index (χ1v) is 3.45. The van der Waals surface area contributed by atoms with Gasteiger partial charge in [0, 0.05) is 6.42 Å². The second kappa shape index (κ2) is 3.46. The van der Waals surface area contributed by atoms with Crippen LogP contribution in [0.1, 0.15) is 6.42 Å². The largest absolute Gasteiger partial charge is 0.394 e. The molecule has 0 saturated carbocycles. The summed E-state index contributed by atoms with van der Waals surface area (Å²) in [4.78, 5) is 0. The second-order valence-corrected chi connectivity index (χ2v) is 2.61. The third-order valence-corrected chi connectivity index (χ3v) is 1.73. The first-order valence-electron chi connectivity index (χ1n) is 3.45. The van der Waals surface area contributed by atoms with Crippen molar-refractivity contribution in [1.82, 2.24) is 0 Å². The number of aliphatic hydroxyl groups excluding tert-OH is 4. The number of hydrogen-bond acceptors (Lipinski definition) is 5. The molecule has 0 aromatic rings. The van der Waals surface area contributed by atoms with Crippen molar-refractivity contribution in [2.75, 3.05) is 6.61 Å². The third kappa shape index (κ3) is 1.88. The van der Waals surface area contributed by atoms with E-state index in [4.69, 9.17) is 25.2 Å². The molecule has 0 aliphatic carbocycles. The topological polar surface area (TPSA) is 90.2 Å². The van der Waals surface area contributed by atoms with Crippen LogP contribution in [-0.2, 0) is 4.74 Å². The quantitative estimate of drug-likeness (QED) is 0.353. The Hall–Kier alpha value is -0.200. The van der Waals surface area contributed by atoms with Crippen LogP contribution in [0.3, 0.4) is 0 Å². The van der Waals surface area contributed by atoms with E-state index in [1.807, 2.05) is 0 Å². The smallest absolute Gasteiger partial charge is 0.157 e. The van der Waals surface area contributed by atoms with Crippen LogP contribution in [0, 0.1) is 0 Å². The number of aliphatic hydroxyl groups is 4. The van der Waals surface area contributed by atoms with E-state index in [0.29, 0.717) is 0 Å². The highest BCUT2D eigenvalue weighted by atomic mass is 16.6. The van der Waals surface area contributed by atoms with E-state index < -0.39 is 31.2 Å². The lowest BCUT2D eigenvalue weighted by molar-refractivity contribution is -0.239. The summed E-state index contributed by atoms with van der Waals surface area (Å²) in [6, 6.07) is 0. The molecule has 1 saturated heterocycles. The van der Waals surface area contributed by atoms with Crippen molar-refractivity contribution in [2.45, 2.75) is 31.0 Å². The van der Waals surface area contributed by atoms with E-state index in [1.54, 1.807) is 0 Å². The second-order valence-electron chi connectivity index (χ2n) is 2.61. The Morgan fingerprint density at radius 1 is 1.27 bits per heavy atom. The van der Waals surface area contributed by atoms with Crippen molar-refractivity contribution in [3.63, 3.8) is 0 Å². The van der Waals surface area contributed by atoms with Crippen molar-refractivity contribution in [2.24, 2.45) is 0 Å². The van der Waals surface area contributed by atoms with Gasteiger partial charge in [-0.1, -0.05) is 0 Å². The zero-order valence-electron chi connectivity index (χ0n) is 5.92. The monoisotopic (exact) mass is 164 g/mol. The Balaban J connectivity index is 2.51. The summed E-state index contributed by atoms with van der Waals surface area (Å²) in [6.07, 6.45) is -4.11. The van der Waals surface area contributed by atoms with Crippen LogP contribution >= 0.6 is 0 Å². The maximum atomic E-state index is 9.11. The fourth-order valence-electron chi connectivity index (χ4n) is 1.08. The first-order chi connectivity index (χ1) is 5.15. The Labute approximate surface area is 63.8 Å². The Morgan fingerprint density at radius 2 is 1.91 bits per heavy atom. The Kier molecular flexibility index (Phi) is 2.80. The molecule has 1 fully saturated rings. The van der Waals surface area contributed by atoms with E-state index in [1.165, 1.54) is 0 Å². The highest BCUT2D eigenvalue weighted by molar-refractivity contribution is 4.81. The molecular formula is C6H12O5. The standard InChI is InChI=1S/C6H12O5/c7-2-4-6(10)3(8)1-5(9)11-4/h3-10H,1-2H2/t3-,4?,5?,6-/m0/s1. The van der Waals surface area contributed by atoms with Gasteiger partial charge in [-0.2, -0.15) is 0 Å². The minimum absolute atomic E-state index is 0.0162. The van der Waals surface area contributed by atoms with Crippen LogP contribution in [0.5, 0.6) is 0 Å². The summed E-state index contributed by atoms with van der Waals surface area (Å²) in [5.74, 6) is 0. The lowest BCUT2D eigenvalue weighted by Gasteiger charge is -2.33. The zero-order chi connectivity index (χ0) is 8.43. The lowest BCUT2D eigenvalue weighted by atomic mass is 10.0. The fourth-order valence-corrected chi connectivity index (χ4v) is 1.08. The van der Waals surface area contributed by atoms with Gasteiger partial charge in [0.1, 0.15) is 12.2 Å². The van der Waals surface area contributed by atoms with Crippen molar-refractivity contribution in [3.8, 4) is 0 Å². The molecule has 4 atom stereocenters. The summed E-state index contributed by atoms with van der Waals surface area (Å²) >= 11 is 0. The summed E-state index contributed by atoms with van der Waals surface area (Å²) in [5, 5.41) is 35.6. The van der Waals surface area contributed by atoms with Crippen molar-refractivity contribution < 1.29 is 25.2 Å². The van der Waals surface area contributed by atoms with Crippen LogP contribution < -0.4 is 0 Å². The predicted molar refractivity (Wildman–Crippen MR) is 34.6 cm³/mol. The molecule has 66 valence electrons. The van der Waals surface area contributed by atoms with Crippen molar-refractivity contribution in [3.05, 3.63) is 0 Å². The molecule has 0 spiro atoms. The Morgan fingerprint density at radius 3 is 2.45 bits per heavy atom. The SMILES string of the molecule is OCC1OC(O)C[C@H](O)[C@@H]1O. The molecule has 0 amide bonds. The van der Waals surface area contributed by atoms with Gasteiger partial charge in [-0.25, -0.2) is 0 Å². The fraction of sp³-hybridized carbons (Fsp3) is 1.00. The van der Waals surface area contributed by atoms with Gasteiger partial charge in [-0.05, 0) is 0 Å². The van der Waals surface area contributed by atoms with Gasteiger partial charge in [0.15, 0.2) is 6.29 Å². The van der Waals surface area contributed by atoms with Gasteiger partial charge in [-0.15, -0.1) is 0 Å². The van der Waals surface area contributed by atoms with E-state index in [0.717, 1.165) is 0 Å². The number of rotatable bonds is 1. The molecule has 1 heterocycles. The molecular weight excluding hydrogens is 152 g/mol. The van der Waals surface area contributed by atoms with Gasteiger partial charge in [0.2, 0.25) is 0 Å². The molecule has 0 radical (unpaired) electrons. The van der Waals surface area contributed by atoms with Gasteiger partial charge in [0.25, 0.3) is 0 Å². The average molecular weight is 164 g/mol.